The largest absolute Gasteiger partial charge is 0.365 e. The maximum atomic E-state index is 11.7. The topological polar surface area (TPSA) is 26.7 Å². The number of aliphatic hydroxyl groups is 1. The van der Waals surface area contributed by atoms with Gasteiger partial charge in [-0.25, -0.2) is 0 Å². The van der Waals surface area contributed by atoms with Gasteiger partial charge in [0, 0.05) is 32.0 Å². The molecule has 0 saturated carbocycles. The molecule has 0 radical (unpaired) electrons. The Morgan fingerprint density at radius 1 is 1.07 bits per heavy atom. The number of hydrogen-bond acceptors (Lipinski definition) is 3. The highest BCUT2D eigenvalue weighted by molar-refractivity contribution is 6.34. The lowest BCUT2D eigenvalue weighted by Crippen LogP contribution is -2.41. The lowest BCUT2D eigenvalue weighted by molar-refractivity contribution is -0.0443. The zero-order valence-corrected chi connectivity index (χ0v) is 17.1. The smallest absolute Gasteiger partial charge is 0.188 e. The molecule has 3 rings (SSSR count). The molecule has 1 aliphatic rings. The van der Waals surface area contributed by atoms with Crippen molar-refractivity contribution >= 4 is 40.5 Å². The number of anilines is 1. The van der Waals surface area contributed by atoms with Gasteiger partial charge in [-0.1, -0.05) is 54.0 Å². The fourth-order valence-electron chi connectivity index (χ4n) is 3.25. The molecule has 1 unspecified atom stereocenters. The molecule has 140 valence electrons. The van der Waals surface area contributed by atoms with Gasteiger partial charge in [0.05, 0.1) is 6.54 Å². The third-order valence-corrected chi connectivity index (χ3v) is 5.12. The molecule has 1 atom stereocenters. The highest BCUT2D eigenvalue weighted by Gasteiger charge is 2.48. The predicted octanol–water partition coefficient (Wildman–Crippen LogP) is 6.18. The molecule has 6 heteroatoms. The predicted molar refractivity (Wildman–Crippen MR) is 114 cm³/mol. The molecule has 1 heterocycles. The Kier molecular flexibility index (Phi) is 5.59. The van der Waals surface area contributed by atoms with Crippen molar-refractivity contribution in [1.82, 2.24) is 4.90 Å². The first kappa shape index (κ1) is 19.8. The van der Waals surface area contributed by atoms with Gasteiger partial charge in [-0.2, -0.15) is 0 Å². The van der Waals surface area contributed by atoms with Crippen molar-refractivity contribution in [2.45, 2.75) is 12.6 Å². The molecule has 1 N–H and O–H groups in total. The number of hydrogen-bond donors (Lipinski definition) is 1. The van der Waals surface area contributed by atoms with E-state index in [0.717, 1.165) is 5.69 Å². The molecule has 0 spiro atoms. The fraction of sp³-hybridized carbons (Fsp3) is 0.143. The first-order valence-electron chi connectivity index (χ1n) is 8.29. The fourth-order valence-corrected chi connectivity index (χ4v) is 3.91. The van der Waals surface area contributed by atoms with Crippen LogP contribution in [-0.4, -0.2) is 16.6 Å². The Morgan fingerprint density at radius 2 is 1.67 bits per heavy atom. The molecule has 0 bridgehead atoms. The summed E-state index contributed by atoms with van der Waals surface area (Å²) in [4.78, 5) is 3.59. The van der Waals surface area contributed by atoms with Crippen molar-refractivity contribution in [2.75, 3.05) is 11.4 Å². The average Bonchev–Trinajstić information content (AvgIpc) is 2.87. The van der Waals surface area contributed by atoms with E-state index in [-0.39, 0.29) is 6.54 Å². The molecule has 3 nitrogen and oxygen atoms in total. The van der Waals surface area contributed by atoms with E-state index in [1.54, 1.807) is 35.2 Å². The van der Waals surface area contributed by atoms with E-state index in [1.165, 1.54) is 0 Å². The van der Waals surface area contributed by atoms with Crippen LogP contribution in [0.1, 0.15) is 12.5 Å². The van der Waals surface area contributed by atoms with Crippen molar-refractivity contribution in [3.05, 3.63) is 99.9 Å². The molecule has 0 amide bonds. The van der Waals surface area contributed by atoms with Gasteiger partial charge in [0.25, 0.3) is 0 Å². The zero-order valence-electron chi connectivity index (χ0n) is 14.8. The van der Waals surface area contributed by atoms with E-state index in [0.29, 0.717) is 32.1 Å². The van der Waals surface area contributed by atoms with Crippen LogP contribution in [0.4, 0.5) is 5.69 Å². The number of allylic oxidation sites excluding steroid dienone is 2. The molecule has 27 heavy (non-hydrogen) atoms. The van der Waals surface area contributed by atoms with Gasteiger partial charge >= 0.3 is 0 Å². The summed E-state index contributed by atoms with van der Waals surface area (Å²) in [6, 6.07) is 12.4. The van der Waals surface area contributed by atoms with Crippen LogP contribution < -0.4 is 4.90 Å². The third kappa shape index (κ3) is 3.74. The van der Waals surface area contributed by atoms with E-state index in [9.17, 15) is 5.11 Å². The van der Waals surface area contributed by atoms with Crippen molar-refractivity contribution in [1.29, 1.82) is 0 Å². The van der Waals surface area contributed by atoms with Crippen molar-refractivity contribution in [3.63, 3.8) is 0 Å². The van der Waals surface area contributed by atoms with Gasteiger partial charge in [-0.15, -0.1) is 0 Å². The summed E-state index contributed by atoms with van der Waals surface area (Å²) in [6.07, 6.45) is 3.67. The standard InChI is InChI=1S/C21H19Cl3N2O/c1-4-5-14(2)26-15(3)25(20-8-6-17(22)7-9-20)13-21(26,27)16-10-18(23)12-19(24)11-16/h4-12,27H,2-3,13H2,1H3/b5-4-. The molecule has 0 aliphatic carbocycles. The van der Waals surface area contributed by atoms with Crippen molar-refractivity contribution in [2.24, 2.45) is 0 Å². The highest BCUT2D eigenvalue weighted by atomic mass is 35.5. The number of β-amino-alcohol motifs (C(OH)–C–C–N with tert-alkyl or cyclic N) is 1. The summed E-state index contributed by atoms with van der Waals surface area (Å²) in [5, 5.41) is 13.2. The second-order valence-corrected chi connectivity index (χ2v) is 7.59. The lowest BCUT2D eigenvalue weighted by atomic mass is 10.0. The van der Waals surface area contributed by atoms with E-state index < -0.39 is 5.72 Å². The van der Waals surface area contributed by atoms with Crippen molar-refractivity contribution < 1.29 is 5.11 Å². The second-order valence-electron chi connectivity index (χ2n) is 6.28. The molecular formula is C21H19Cl3N2O. The first-order chi connectivity index (χ1) is 12.8. The van der Waals surface area contributed by atoms with Crippen LogP contribution in [0.3, 0.4) is 0 Å². The Bertz CT molecular complexity index is 903. The maximum absolute atomic E-state index is 11.7. The summed E-state index contributed by atoms with van der Waals surface area (Å²) < 4.78 is 0. The second kappa shape index (κ2) is 7.61. The Balaban J connectivity index is 2.13. The summed E-state index contributed by atoms with van der Waals surface area (Å²) in [7, 11) is 0. The molecule has 1 aliphatic heterocycles. The van der Waals surface area contributed by atoms with Gasteiger partial charge in [0.2, 0.25) is 0 Å². The summed E-state index contributed by atoms with van der Waals surface area (Å²) in [5.74, 6) is 0.582. The molecule has 2 aromatic carbocycles. The Hall–Kier alpha value is -1.91. The first-order valence-corrected chi connectivity index (χ1v) is 9.42. The van der Waals surface area contributed by atoms with Gasteiger partial charge < -0.3 is 10.0 Å². The zero-order chi connectivity index (χ0) is 19.8. The number of nitrogens with zero attached hydrogens (tertiary/aromatic N) is 2. The van der Waals surface area contributed by atoms with Gasteiger partial charge in [0.1, 0.15) is 5.82 Å². The monoisotopic (exact) mass is 420 g/mol. The molecule has 1 fully saturated rings. The highest BCUT2D eigenvalue weighted by Crippen LogP contribution is 2.44. The summed E-state index contributed by atoms with van der Waals surface area (Å²) >= 11 is 18.4. The van der Waals surface area contributed by atoms with Crippen molar-refractivity contribution in [3.8, 4) is 0 Å². The van der Waals surface area contributed by atoms with Crippen LogP contribution in [0.2, 0.25) is 15.1 Å². The minimum Gasteiger partial charge on any atom is -0.365 e. The third-order valence-electron chi connectivity index (χ3n) is 4.43. The number of benzene rings is 2. The van der Waals surface area contributed by atoms with E-state index >= 15 is 0 Å². The SMILES string of the molecule is C=C(/C=C\C)N1C(=C)N(c2ccc(Cl)cc2)CC1(O)c1cc(Cl)cc(Cl)c1. The van der Waals surface area contributed by atoms with Crippen LogP contribution in [0.15, 0.2) is 79.3 Å². The van der Waals surface area contributed by atoms with Gasteiger partial charge in [-0.05, 0) is 55.5 Å². The van der Waals surface area contributed by atoms with E-state index in [2.05, 4.69) is 13.2 Å². The summed E-state index contributed by atoms with van der Waals surface area (Å²) in [6.45, 7) is 10.4. The normalized spacial score (nSPS) is 20.0. The summed E-state index contributed by atoms with van der Waals surface area (Å²) in [5.41, 5.74) is 0.564. The van der Waals surface area contributed by atoms with Crippen LogP contribution in [0, 0.1) is 0 Å². The van der Waals surface area contributed by atoms with Crippen LogP contribution in [0.5, 0.6) is 0 Å². The van der Waals surface area contributed by atoms with Crippen LogP contribution in [0.25, 0.3) is 0 Å². The maximum Gasteiger partial charge on any atom is 0.188 e. The minimum atomic E-state index is -1.44. The van der Waals surface area contributed by atoms with Crippen LogP contribution >= 0.6 is 34.8 Å². The molecule has 1 saturated heterocycles. The van der Waals surface area contributed by atoms with Crippen LogP contribution in [-0.2, 0) is 5.72 Å². The number of halogens is 3. The Morgan fingerprint density at radius 3 is 2.22 bits per heavy atom. The van der Waals surface area contributed by atoms with Gasteiger partial charge in [-0.3, -0.25) is 4.90 Å². The lowest BCUT2D eigenvalue weighted by Gasteiger charge is -2.34. The minimum absolute atomic E-state index is 0.223. The Labute approximate surface area is 174 Å². The average molecular weight is 422 g/mol. The molecular weight excluding hydrogens is 403 g/mol. The quantitative estimate of drug-likeness (QED) is 0.598. The number of rotatable bonds is 4. The molecule has 0 aromatic heterocycles. The van der Waals surface area contributed by atoms with E-state index in [4.69, 9.17) is 34.8 Å². The van der Waals surface area contributed by atoms with E-state index in [1.807, 2.05) is 36.1 Å². The van der Waals surface area contributed by atoms with Gasteiger partial charge in [0.15, 0.2) is 5.72 Å². The molecule has 2 aromatic rings.